The molecule has 0 radical (unpaired) electrons. The molecule has 0 nitrogen and oxygen atoms in total. The van der Waals surface area contributed by atoms with Gasteiger partial charge in [0, 0.05) is 11.8 Å². The molecule has 0 spiro atoms. The minimum Gasteiger partial charge on any atom is -0.0622 e. The molecule has 0 N–H and O–H groups in total. The van der Waals surface area contributed by atoms with Gasteiger partial charge in [0.05, 0.1) is 0 Å². The molecule has 2 aromatic rings. The zero-order chi connectivity index (χ0) is 31.1. The second-order valence-electron chi connectivity index (χ2n) is 13.6. The van der Waals surface area contributed by atoms with Crippen LogP contribution in [0.2, 0.25) is 0 Å². The van der Waals surface area contributed by atoms with Gasteiger partial charge in [-0.15, -0.1) is 0 Å². The van der Waals surface area contributed by atoms with E-state index in [1.807, 2.05) is 0 Å². The zero-order valence-electron chi connectivity index (χ0n) is 27.7. The van der Waals surface area contributed by atoms with Crippen LogP contribution < -0.4 is 0 Å². The molecule has 2 unspecified atom stereocenters. The Morgan fingerprint density at radius 2 is 0.727 bits per heavy atom. The highest BCUT2D eigenvalue weighted by Gasteiger charge is 2.35. The smallest absolute Gasteiger partial charge is 0.0205 e. The molecule has 0 aromatic heterocycles. The largest absolute Gasteiger partial charge is 0.0622 e. The standard InChI is InChI=1S/C44H46/c1-27(2)35-21-19-29(5)41-37(25-35)31(7)23-39(41)43(33-15-11-9-12-16-33)44(34-17-13-10-14-18-34)40-24-32(8)38-26-36(28(3)4)22-20-30(6)42(38)40/h9-28,43-44H,1-8H3. The van der Waals surface area contributed by atoms with Crippen LogP contribution in [0.15, 0.2) is 109 Å². The van der Waals surface area contributed by atoms with Gasteiger partial charge >= 0.3 is 0 Å². The molecule has 0 heterocycles. The van der Waals surface area contributed by atoms with Crippen molar-refractivity contribution in [3.8, 4) is 22.3 Å². The van der Waals surface area contributed by atoms with E-state index >= 15 is 0 Å². The Morgan fingerprint density at radius 3 is 1.07 bits per heavy atom. The Bertz CT molecular complexity index is 1700. The Balaban J connectivity index is 1.69. The van der Waals surface area contributed by atoms with Crippen LogP contribution in [0, 0.1) is 27.7 Å². The fourth-order valence-electron chi connectivity index (χ4n) is 7.40. The summed E-state index contributed by atoms with van der Waals surface area (Å²) in [7, 11) is 0. The first-order valence-electron chi connectivity index (χ1n) is 16.3. The monoisotopic (exact) mass is 574 g/mol. The van der Waals surface area contributed by atoms with Gasteiger partial charge in [-0.2, -0.15) is 0 Å². The van der Waals surface area contributed by atoms with E-state index in [0.29, 0.717) is 11.8 Å². The average molecular weight is 575 g/mol. The SMILES string of the molecule is Cc1cc(C(c2ccccc2)C(c2ccccc2)c2cc(C)c3cc(C(C)C)ccc(C)c2-3)c2c(C)ccc(C(C)C)cc1-2. The van der Waals surface area contributed by atoms with Crippen LogP contribution in [0.1, 0.15) is 107 Å². The van der Waals surface area contributed by atoms with Crippen molar-refractivity contribution in [1.82, 2.24) is 0 Å². The number of fused-ring (bicyclic) bond motifs is 2. The molecule has 4 aliphatic carbocycles. The maximum atomic E-state index is 2.50. The molecule has 2 atom stereocenters. The van der Waals surface area contributed by atoms with Crippen LogP contribution in [0.4, 0.5) is 0 Å². The second-order valence-corrected chi connectivity index (χ2v) is 13.6. The lowest BCUT2D eigenvalue weighted by molar-refractivity contribution is 0.699. The third-order valence-corrected chi connectivity index (χ3v) is 9.83. The van der Waals surface area contributed by atoms with Gasteiger partial charge in [0.25, 0.3) is 0 Å². The van der Waals surface area contributed by atoms with Crippen molar-refractivity contribution in [1.29, 1.82) is 0 Å². The van der Waals surface area contributed by atoms with E-state index in [-0.39, 0.29) is 11.8 Å². The Hall–Kier alpha value is -4.16. The summed E-state index contributed by atoms with van der Waals surface area (Å²) in [5.74, 6) is 1.22. The van der Waals surface area contributed by atoms with Gasteiger partial charge in [-0.3, -0.25) is 0 Å². The van der Waals surface area contributed by atoms with Crippen molar-refractivity contribution in [3.05, 3.63) is 165 Å². The zero-order valence-corrected chi connectivity index (χ0v) is 27.7. The lowest BCUT2D eigenvalue weighted by Crippen LogP contribution is -2.15. The van der Waals surface area contributed by atoms with Crippen LogP contribution >= 0.6 is 0 Å². The minimum atomic E-state index is 0.137. The number of hydrogen-bond acceptors (Lipinski definition) is 0. The van der Waals surface area contributed by atoms with Crippen LogP contribution in [0.5, 0.6) is 0 Å². The van der Waals surface area contributed by atoms with Gasteiger partial charge in [-0.1, -0.05) is 137 Å². The topological polar surface area (TPSA) is 0 Å². The molecule has 0 saturated heterocycles. The maximum Gasteiger partial charge on any atom is 0.0205 e. The molecule has 0 amide bonds. The fraction of sp³-hybridized carbons (Fsp3) is 0.273. The predicted molar refractivity (Wildman–Crippen MR) is 190 cm³/mol. The first-order valence-corrected chi connectivity index (χ1v) is 16.3. The first kappa shape index (κ1) is 29.9. The molecule has 0 fully saturated rings. The summed E-state index contributed by atoms with van der Waals surface area (Å²) in [5.41, 5.74) is 19.3. The van der Waals surface area contributed by atoms with Crippen LogP contribution in [0.25, 0.3) is 22.3 Å². The molecule has 0 heteroatoms. The number of hydrogen-bond donors (Lipinski definition) is 0. The highest BCUT2D eigenvalue weighted by Crippen LogP contribution is 2.52. The Labute approximate surface area is 265 Å². The number of rotatable bonds is 7. The highest BCUT2D eigenvalue weighted by atomic mass is 14.4. The lowest BCUT2D eigenvalue weighted by Gasteiger charge is -2.30. The molecular formula is C44H46. The Kier molecular flexibility index (Phi) is 8.21. The van der Waals surface area contributed by atoms with E-state index in [4.69, 9.17) is 0 Å². The summed E-state index contributed by atoms with van der Waals surface area (Å²) in [6, 6.07) is 41.7. The normalized spacial score (nSPS) is 13.2. The molecule has 0 aliphatic heterocycles. The lowest BCUT2D eigenvalue weighted by atomic mass is 9.72. The fourth-order valence-corrected chi connectivity index (χ4v) is 7.40. The average Bonchev–Trinajstić information content (AvgIpc) is 3.34. The van der Waals surface area contributed by atoms with Crippen molar-refractivity contribution in [2.24, 2.45) is 0 Å². The van der Waals surface area contributed by atoms with Crippen molar-refractivity contribution in [2.45, 2.75) is 79.1 Å². The molecule has 44 heavy (non-hydrogen) atoms. The quantitative estimate of drug-likeness (QED) is 0.178. The summed E-state index contributed by atoms with van der Waals surface area (Å²) >= 11 is 0. The van der Waals surface area contributed by atoms with Gasteiger partial charge in [0.1, 0.15) is 0 Å². The van der Waals surface area contributed by atoms with Crippen LogP contribution in [-0.2, 0) is 0 Å². The summed E-state index contributed by atoms with van der Waals surface area (Å²) in [6.07, 6.45) is 0. The van der Waals surface area contributed by atoms with Crippen molar-refractivity contribution in [3.63, 3.8) is 0 Å². The third-order valence-electron chi connectivity index (χ3n) is 9.83. The van der Waals surface area contributed by atoms with E-state index < -0.39 is 0 Å². The van der Waals surface area contributed by atoms with Crippen LogP contribution in [-0.4, -0.2) is 0 Å². The van der Waals surface area contributed by atoms with Crippen molar-refractivity contribution >= 4 is 0 Å². The molecule has 0 bridgehead atoms. The van der Waals surface area contributed by atoms with Crippen LogP contribution in [0.3, 0.4) is 0 Å². The molecular weight excluding hydrogens is 528 g/mol. The molecule has 222 valence electrons. The molecule has 2 aromatic carbocycles. The van der Waals surface area contributed by atoms with Gasteiger partial charge in [0.15, 0.2) is 0 Å². The van der Waals surface area contributed by atoms with Gasteiger partial charge < -0.3 is 0 Å². The molecule has 4 aliphatic rings. The van der Waals surface area contributed by atoms with Gasteiger partial charge in [-0.25, -0.2) is 0 Å². The number of benzene rings is 2. The van der Waals surface area contributed by atoms with E-state index in [9.17, 15) is 0 Å². The van der Waals surface area contributed by atoms with E-state index in [0.717, 1.165) is 0 Å². The van der Waals surface area contributed by atoms with Crippen molar-refractivity contribution < 1.29 is 0 Å². The Morgan fingerprint density at radius 1 is 0.364 bits per heavy atom. The summed E-state index contributed by atoms with van der Waals surface area (Å²) in [4.78, 5) is 0. The third kappa shape index (κ3) is 5.36. The minimum absolute atomic E-state index is 0.137. The van der Waals surface area contributed by atoms with Gasteiger partial charge in [0.2, 0.25) is 0 Å². The highest BCUT2D eigenvalue weighted by molar-refractivity contribution is 5.82. The predicted octanol–water partition coefficient (Wildman–Crippen LogP) is 12.3. The maximum absolute atomic E-state index is 2.50. The second kappa shape index (κ2) is 12.1. The van der Waals surface area contributed by atoms with Crippen molar-refractivity contribution in [2.75, 3.05) is 0 Å². The van der Waals surface area contributed by atoms with Gasteiger partial charge in [-0.05, 0) is 117 Å². The first-order chi connectivity index (χ1) is 21.2. The van der Waals surface area contributed by atoms with E-state index in [1.54, 1.807) is 0 Å². The summed E-state index contributed by atoms with van der Waals surface area (Å²) in [5, 5.41) is 0. The number of aryl methyl sites for hydroxylation is 4. The molecule has 6 rings (SSSR count). The van der Waals surface area contributed by atoms with E-state index in [1.165, 1.54) is 77.9 Å². The van der Waals surface area contributed by atoms with E-state index in [2.05, 4.69) is 165 Å². The summed E-state index contributed by atoms with van der Waals surface area (Å²) < 4.78 is 0. The molecule has 0 saturated carbocycles. The summed E-state index contributed by atoms with van der Waals surface area (Å²) in [6.45, 7) is 18.4.